The number of carbonyl (C=O) groups is 4. The SMILES string of the molecule is C=CCCC(=O)N[C@@H](COC)[C@@H](OC(=O)[C@@H]1[C@H]2C(=O)N([C@@H](CO)[C@@H](C)CC)[C@H](C(=O)N(CC=C)CCN3CCOCC3)[C@]23CC[C@H]1O3)c1ccccc1. The number of fused-ring (bicyclic) bond motifs is 1. The van der Waals surface area contributed by atoms with Crippen LogP contribution < -0.4 is 5.32 Å². The molecule has 4 heterocycles. The molecular formula is C40H58N4O9. The van der Waals surface area contributed by atoms with Crippen LogP contribution >= 0.6 is 0 Å². The lowest BCUT2D eigenvalue weighted by atomic mass is 9.70. The van der Waals surface area contributed by atoms with Crippen LogP contribution in [0.25, 0.3) is 0 Å². The molecule has 2 N–H and O–H groups in total. The van der Waals surface area contributed by atoms with E-state index in [1.807, 2.05) is 44.2 Å². The van der Waals surface area contributed by atoms with Crippen molar-refractivity contribution in [2.45, 2.75) is 81.9 Å². The summed E-state index contributed by atoms with van der Waals surface area (Å²) >= 11 is 0. The summed E-state index contributed by atoms with van der Waals surface area (Å²) in [7, 11) is 1.51. The zero-order valence-electron chi connectivity index (χ0n) is 31.5. The Morgan fingerprint density at radius 1 is 1.17 bits per heavy atom. The fraction of sp³-hybridized carbons (Fsp3) is 0.650. The maximum atomic E-state index is 14.9. The van der Waals surface area contributed by atoms with E-state index < -0.39 is 53.7 Å². The molecule has 1 spiro atoms. The first kappa shape index (κ1) is 40.6. The molecule has 0 aliphatic carbocycles. The first-order chi connectivity index (χ1) is 25.6. The fourth-order valence-corrected chi connectivity index (χ4v) is 8.64. The van der Waals surface area contributed by atoms with Gasteiger partial charge in [0.1, 0.15) is 17.7 Å². The molecule has 0 radical (unpaired) electrons. The molecule has 0 aromatic heterocycles. The van der Waals surface area contributed by atoms with Crippen LogP contribution in [0.3, 0.4) is 0 Å². The molecule has 5 rings (SSSR count). The molecule has 2 bridgehead atoms. The Morgan fingerprint density at radius 3 is 2.55 bits per heavy atom. The van der Waals surface area contributed by atoms with Crippen molar-refractivity contribution in [2.24, 2.45) is 17.8 Å². The number of likely N-dealkylation sites (tertiary alicyclic amines) is 1. The predicted octanol–water partition coefficient (Wildman–Crippen LogP) is 2.50. The van der Waals surface area contributed by atoms with Crippen molar-refractivity contribution in [1.82, 2.24) is 20.0 Å². The van der Waals surface area contributed by atoms with Crippen molar-refractivity contribution in [3.63, 3.8) is 0 Å². The van der Waals surface area contributed by atoms with Gasteiger partial charge in [0.25, 0.3) is 0 Å². The first-order valence-corrected chi connectivity index (χ1v) is 19.1. The van der Waals surface area contributed by atoms with Crippen LogP contribution in [-0.4, -0.2) is 140 Å². The predicted molar refractivity (Wildman–Crippen MR) is 197 cm³/mol. The second kappa shape index (κ2) is 18.6. The number of rotatable bonds is 20. The van der Waals surface area contributed by atoms with Crippen LogP contribution in [0.2, 0.25) is 0 Å². The largest absolute Gasteiger partial charge is 0.455 e. The molecule has 1 aromatic rings. The van der Waals surface area contributed by atoms with Crippen LogP contribution in [0.15, 0.2) is 55.6 Å². The van der Waals surface area contributed by atoms with E-state index >= 15 is 0 Å². The number of nitrogens with zero attached hydrogens (tertiary/aromatic N) is 3. The van der Waals surface area contributed by atoms with Gasteiger partial charge in [0, 0.05) is 46.3 Å². The zero-order chi connectivity index (χ0) is 38.1. The van der Waals surface area contributed by atoms with Gasteiger partial charge in [-0.15, -0.1) is 13.2 Å². The van der Waals surface area contributed by atoms with Crippen LogP contribution in [0.4, 0.5) is 0 Å². The van der Waals surface area contributed by atoms with E-state index in [1.54, 1.807) is 17.1 Å². The number of carbonyl (C=O) groups excluding carboxylic acids is 4. The Morgan fingerprint density at radius 2 is 1.91 bits per heavy atom. The minimum atomic E-state index is -1.28. The molecule has 4 aliphatic rings. The van der Waals surface area contributed by atoms with Gasteiger partial charge in [-0.1, -0.05) is 62.8 Å². The number of nitrogens with one attached hydrogen (secondary N) is 1. The quantitative estimate of drug-likeness (QED) is 0.151. The van der Waals surface area contributed by atoms with Crippen molar-refractivity contribution in [1.29, 1.82) is 0 Å². The number of esters is 1. The summed E-state index contributed by atoms with van der Waals surface area (Å²) in [5.74, 6) is -3.69. The van der Waals surface area contributed by atoms with Gasteiger partial charge < -0.3 is 39.2 Å². The van der Waals surface area contributed by atoms with E-state index in [-0.39, 0.29) is 49.8 Å². The molecule has 0 unspecified atom stereocenters. The molecule has 53 heavy (non-hydrogen) atoms. The molecule has 9 atom stereocenters. The number of hydrogen-bond acceptors (Lipinski definition) is 10. The third-order valence-corrected chi connectivity index (χ3v) is 11.5. The van der Waals surface area contributed by atoms with Gasteiger partial charge in [-0.3, -0.25) is 24.1 Å². The van der Waals surface area contributed by atoms with E-state index in [1.165, 1.54) is 12.0 Å². The van der Waals surface area contributed by atoms with Gasteiger partial charge in [0.2, 0.25) is 17.7 Å². The van der Waals surface area contributed by atoms with E-state index in [0.717, 1.165) is 13.1 Å². The summed E-state index contributed by atoms with van der Waals surface area (Å²) in [5, 5.41) is 13.7. The highest BCUT2D eigenvalue weighted by molar-refractivity contribution is 5.98. The number of methoxy groups -OCH3 is 1. The Bertz CT molecular complexity index is 1440. The number of aliphatic hydroxyl groups is 1. The molecule has 4 saturated heterocycles. The van der Waals surface area contributed by atoms with Crippen molar-refractivity contribution in [3.8, 4) is 0 Å². The Hall–Kier alpha value is -3.62. The summed E-state index contributed by atoms with van der Waals surface area (Å²) in [5.41, 5.74) is -0.634. The summed E-state index contributed by atoms with van der Waals surface area (Å²) < 4.78 is 24.1. The normalized spacial score (nSPS) is 27.4. The highest BCUT2D eigenvalue weighted by atomic mass is 16.6. The molecule has 292 valence electrons. The lowest BCUT2D eigenvalue weighted by Gasteiger charge is -2.41. The number of ether oxygens (including phenoxy) is 4. The smallest absolute Gasteiger partial charge is 0.313 e. The summed E-state index contributed by atoms with van der Waals surface area (Å²) in [6.07, 6.45) is 3.96. The van der Waals surface area contributed by atoms with Crippen molar-refractivity contribution < 1.29 is 43.2 Å². The number of aliphatic hydroxyl groups excluding tert-OH is 1. The molecule has 4 fully saturated rings. The molecule has 3 amide bonds. The maximum absolute atomic E-state index is 14.9. The van der Waals surface area contributed by atoms with Gasteiger partial charge in [-0.2, -0.15) is 0 Å². The molecule has 13 nitrogen and oxygen atoms in total. The third-order valence-electron chi connectivity index (χ3n) is 11.5. The number of benzene rings is 1. The summed E-state index contributed by atoms with van der Waals surface area (Å²) in [4.78, 5) is 62.8. The average Bonchev–Trinajstić information content (AvgIpc) is 3.82. The number of amides is 3. The summed E-state index contributed by atoms with van der Waals surface area (Å²) in [6.45, 7) is 15.3. The van der Waals surface area contributed by atoms with Crippen molar-refractivity contribution in [3.05, 3.63) is 61.2 Å². The first-order valence-electron chi connectivity index (χ1n) is 19.1. The fourth-order valence-electron chi connectivity index (χ4n) is 8.64. The second-order valence-electron chi connectivity index (χ2n) is 14.7. The van der Waals surface area contributed by atoms with Gasteiger partial charge in [0.05, 0.1) is 56.5 Å². The van der Waals surface area contributed by atoms with E-state index in [0.29, 0.717) is 57.6 Å². The van der Waals surface area contributed by atoms with Gasteiger partial charge in [-0.25, -0.2) is 0 Å². The number of allylic oxidation sites excluding steroid dienone is 1. The summed E-state index contributed by atoms with van der Waals surface area (Å²) in [6, 6.07) is 6.67. The van der Waals surface area contributed by atoms with Crippen LogP contribution in [0, 0.1) is 17.8 Å². The molecule has 4 aliphatic heterocycles. The highest BCUT2D eigenvalue weighted by Crippen LogP contribution is 2.59. The monoisotopic (exact) mass is 738 g/mol. The second-order valence-corrected chi connectivity index (χ2v) is 14.7. The number of hydrogen-bond donors (Lipinski definition) is 2. The van der Waals surface area contributed by atoms with Gasteiger partial charge in [0.15, 0.2) is 0 Å². The van der Waals surface area contributed by atoms with Gasteiger partial charge >= 0.3 is 5.97 Å². The van der Waals surface area contributed by atoms with Crippen molar-refractivity contribution >= 4 is 23.7 Å². The van der Waals surface area contributed by atoms with Crippen molar-refractivity contribution in [2.75, 3.05) is 66.3 Å². The van der Waals surface area contributed by atoms with Crippen LogP contribution in [0.5, 0.6) is 0 Å². The minimum Gasteiger partial charge on any atom is -0.455 e. The van der Waals surface area contributed by atoms with Gasteiger partial charge in [-0.05, 0) is 30.7 Å². The standard InChI is InChI=1S/C40H58N4O9/c1-6-9-15-32(46)41-29(26-50-5)35(28-13-11-10-12-14-28)52-39(49)33-31-16-17-40(53-31)34(33)37(47)44(30(25-45)27(4)8-3)36(40)38(48)43(18-7-2)20-19-42-21-23-51-24-22-42/h6-7,10-14,27,29-31,33-36,45H,1-2,8-9,15-26H2,3-5H3,(H,41,46)/t27-,29-,30-,31+,33-,34-,35-,36+,40-/m0/s1. The third kappa shape index (κ3) is 8.54. The molecular weight excluding hydrogens is 680 g/mol. The van der Waals surface area contributed by atoms with Crippen LogP contribution in [0.1, 0.15) is 57.6 Å². The minimum absolute atomic E-state index is 0.0601. The Balaban J connectivity index is 1.48. The number of morpholine rings is 1. The molecule has 13 heteroatoms. The van der Waals surface area contributed by atoms with E-state index in [9.17, 15) is 24.3 Å². The highest BCUT2D eigenvalue weighted by Gasteiger charge is 2.76. The van der Waals surface area contributed by atoms with Crippen LogP contribution in [-0.2, 0) is 38.1 Å². The lowest BCUT2D eigenvalue weighted by molar-refractivity contribution is -0.164. The average molecular weight is 739 g/mol. The lowest BCUT2D eigenvalue weighted by Crippen LogP contribution is -2.60. The zero-order valence-corrected chi connectivity index (χ0v) is 31.5. The molecule has 1 aromatic carbocycles. The van der Waals surface area contributed by atoms with E-state index in [4.69, 9.17) is 18.9 Å². The maximum Gasteiger partial charge on any atom is 0.313 e. The van der Waals surface area contributed by atoms with E-state index in [2.05, 4.69) is 23.4 Å². The molecule has 0 saturated carbocycles. The Kier molecular flexibility index (Phi) is 14.2. The Labute approximate surface area is 313 Å². The topological polar surface area (TPSA) is 147 Å².